The second-order valence-electron chi connectivity index (χ2n) is 7.33. The van der Waals surface area contributed by atoms with Crippen molar-refractivity contribution in [3.05, 3.63) is 41.5 Å². The second kappa shape index (κ2) is 7.79. The number of para-hydroxylation sites is 1. The van der Waals surface area contributed by atoms with Crippen molar-refractivity contribution in [2.75, 3.05) is 20.2 Å². The van der Waals surface area contributed by atoms with Gasteiger partial charge in [0.15, 0.2) is 5.82 Å². The van der Waals surface area contributed by atoms with E-state index in [-0.39, 0.29) is 11.5 Å². The Balaban J connectivity index is 1.80. The van der Waals surface area contributed by atoms with Crippen LogP contribution in [0.5, 0.6) is 5.75 Å². The first-order valence-corrected chi connectivity index (χ1v) is 8.52. The van der Waals surface area contributed by atoms with Crippen LogP contribution in [-0.4, -0.2) is 35.2 Å². The molecule has 5 nitrogen and oxygen atoms in total. The molecule has 1 heterocycles. The zero-order chi connectivity index (χ0) is 17.7. The molecule has 2 aromatic rings. The Bertz CT molecular complexity index is 646. The van der Waals surface area contributed by atoms with Gasteiger partial charge < -0.3 is 9.26 Å². The molecule has 0 fully saturated rings. The summed E-state index contributed by atoms with van der Waals surface area (Å²) in [6, 6.07) is 8.18. The van der Waals surface area contributed by atoms with E-state index in [2.05, 4.69) is 62.8 Å². The molecule has 0 aliphatic rings. The molecule has 0 aliphatic carbocycles. The fourth-order valence-electron chi connectivity index (χ4n) is 2.31. The molecule has 1 unspecified atom stereocenters. The van der Waals surface area contributed by atoms with Gasteiger partial charge in [-0.05, 0) is 38.9 Å². The summed E-state index contributed by atoms with van der Waals surface area (Å²) in [5.74, 6) is 2.38. The summed E-state index contributed by atoms with van der Waals surface area (Å²) in [6.45, 7) is 12.0. The van der Waals surface area contributed by atoms with Gasteiger partial charge in [-0.15, -0.1) is 0 Å². The Morgan fingerprint density at radius 3 is 2.58 bits per heavy atom. The summed E-state index contributed by atoms with van der Waals surface area (Å²) < 4.78 is 11.3. The van der Waals surface area contributed by atoms with E-state index in [0.717, 1.165) is 24.5 Å². The Morgan fingerprint density at radius 1 is 1.25 bits per heavy atom. The maximum atomic E-state index is 5.84. The summed E-state index contributed by atoms with van der Waals surface area (Å²) in [5, 5.41) is 4.10. The van der Waals surface area contributed by atoms with Crippen LogP contribution in [0.4, 0.5) is 0 Å². The molecule has 132 valence electrons. The minimum atomic E-state index is -0.0958. The molecule has 0 saturated carbocycles. The van der Waals surface area contributed by atoms with Gasteiger partial charge in [0.25, 0.3) is 0 Å². The minimum Gasteiger partial charge on any atom is -0.493 e. The Labute approximate surface area is 145 Å². The Hall–Kier alpha value is -1.88. The minimum absolute atomic E-state index is 0.0899. The third-order valence-corrected chi connectivity index (χ3v) is 4.14. The topological polar surface area (TPSA) is 51.4 Å². The Kier molecular flexibility index (Phi) is 5.99. The molecule has 0 spiro atoms. The average Bonchev–Trinajstić information content (AvgIpc) is 3.02. The SMILES string of the molecule is Cc1ccccc1OCCCN(C)C(C)c1nc(C(C)(C)C)no1. The average molecular weight is 331 g/mol. The van der Waals surface area contributed by atoms with Crippen LogP contribution in [0.1, 0.15) is 57.4 Å². The molecular weight excluding hydrogens is 302 g/mol. The normalized spacial score (nSPS) is 13.3. The largest absolute Gasteiger partial charge is 0.493 e. The van der Waals surface area contributed by atoms with Crippen molar-refractivity contribution in [3.63, 3.8) is 0 Å². The lowest BCUT2D eigenvalue weighted by Gasteiger charge is -2.21. The molecule has 0 aliphatic heterocycles. The molecule has 0 N–H and O–H groups in total. The smallest absolute Gasteiger partial charge is 0.243 e. The van der Waals surface area contributed by atoms with Gasteiger partial charge in [-0.25, -0.2) is 0 Å². The molecule has 1 atom stereocenters. The molecule has 0 amide bonds. The maximum Gasteiger partial charge on any atom is 0.243 e. The highest BCUT2D eigenvalue weighted by atomic mass is 16.5. The number of hydrogen-bond donors (Lipinski definition) is 0. The van der Waals surface area contributed by atoms with Crippen molar-refractivity contribution in [2.45, 2.75) is 52.5 Å². The standard InChI is InChI=1S/C19H29N3O2/c1-14-10-7-8-11-16(14)23-13-9-12-22(6)15(2)17-20-18(21-24-17)19(3,4)5/h7-8,10-11,15H,9,12-13H2,1-6H3. The van der Waals surface area contributed by atoms with Gasteiger partial charge in [-0.3, -0.25) is 4.90 Å². The fourth-order valence-corrected chi connectivity index (χ4v) is 2.31. The second-order valence-corrected chi connectivity index (χ2v) is 7.33. The number of hydrogen-bond acceptors (Lipinski definition) is 5. The third kappa shape index (κ3) is 4.81. The van der Waals surface area contributed by atoms with Crippen LogP contribution in [0.2, 0.25) is 0 Å². The van der Waals surface area contributed by atoms with E-state index in [1.807, 2.05) is 18.2 Å². The molecule has 0 radical (unpaired) electrons. The number of aryl methyl sites for hydroxylation is 1. The monoisotopic (exact) mass is 331 g/mol. The Morgan fingerprint density at radius 2 is 1.96 bits per heavy atom. The molecule has 24 heavy (non-hydrogen) atoms. The highest BCUT2D eigenvalue weighted by Crippen LogP contribution is 2.23. The van der Waals surface area contributed by atoms with Crippen LogP contribution in [-0.2, 0) is 5.41 Å². The predicted octanol–water partition coefficient (Wildman–Crippen LogP) is 4.14. The highest BCUT2D eigenvalue weighted by molar-refractivity contribution is 5.31. The number of aromatic nitrogens is 2. The fraction of sp³-hybridized carbons (Fsp3) is 0.579. The van der Waals surface area contributed by atoms with Crippen molar-refractivity contribution in [1.29, 1.82) is 0 Å². The first-order chi connectivity index (χ1) is 11.3. The lowest BCUT2D eigenvalue weighted by molar-refractivity contribution is 0.191. The predicted molar refractivity (Wildman–Crippen MR) is 95.3 cm³/mol. The quantitative estimate of drug-likeness (QED) is 0.714. The van der Waals surface area contributed by atoms with Crippen LogP contribution in [0.3, 0.4) is 0 Å². The van der Waals surface area contributed by atoms with E-state index in [4.69, 9.17) is 9.26 Å². The molecule has 5 heteroatoms. The molecular formula is C19H29N3O2. The van der Waals surface area contributed by atoms with Crippen LogP contribution in [0.25, 0.3) is 0 Å². The van der Waals surface area contributed by atoms with Crippen LogP contribution < -0.4 is 4.74 Å². The van der Waals surface area contributed by atoms with Gasteiger partial charge in [0.1, 0.15) is 5.75 Å². The molecule has 2 rings (SSSR count). The van der Waals surface area contributed by atoms with E-state index in [1.54, 1.807) is 0 Å². The van der Waals surface area contributed by atoms with Crippen LogP contribution in [0.15, 0.2) is 28.8 Å². The van der Waals surface area contributed by atoms with Gasteiger partial charge in [-0.2, -0.15) is 4.98 Å². The number of ether oxygens (including phenoxy) is 1. The van der Waals surface area contributed by atoms with Crippen molar-refractivity contribution in [3.8, 4) is 5.75 Å². The van der Waals surface area contributed by atoms with Gasteiger partial charge in [0.2, 0.25) is 5.89 Å². The van der Waals surface area contributed by atoms with Crippen molar-refractivity contribution < 1.29 is 9.26 Å². The lowest BCUT2D eigenvalue weighted by Crippen LogP contribution is -2.25. The summed E-state index contributed by atoms with van der Waals surface area (Å²) >= 11 is 0. The molecule has 1 aromatic carbocycles. The van der Waals surface area contributed by atoms with E-state index in [0.29, 0.717) is 12.5 Å². The van der Waals surface area contributed by atoms with Crippen molar-refractivity contribution in [2.24, 2.45) is 0 Å². The van der Waals surface area contributed by atoms with E-state index in [9.17, 15) is 0 Å². The molecule has 0 saturated heterocycles. The summed E-state index contributed by atoms with van der Waals surface area (Å²) in [5.41, 5.74) is 1.07. The highest BCUT2D eigenvalue weighted by Gasteiger charge is 2.24. The van der Waals surface area contributed by atoms with E-state index >= 15 is 0 Å². The van der Waals surface area contributed by atoms with E-state index in [1.165, 1.54) is 5.56 Å². The van der Waals surface area contributed by atoms with Crippen LogP contribution in [0, 0.1) is 6.92 Å². The van der Waals surface area contributed by atoms with Gasteiger partial charge in [0, 0.05) is 12.0 Å². The summed E-state index contributed by atoms with van der Waals surface area (Å²) in [6.07, 6.45) is 0.940. The first kappa shape index (κ1) is 18.5. The zero-order valence-corrected chi connectivity index (χ0v) is 15.7. The lowest BCUT2D eigenvalue weighted by atomic mass is 9.96. The number of rotatable bonds is 7. The number of benzene rings is 1. The summed E-state index contributed by atoms with van der Waals surface area (Å²) in [7, 11) is 2.07. The maximum absolute atomic E-state index is 5.84. The molecule has 1 aromatic heterocycles. The molecule has 0 bridgehead atoms. The third-order valence-electron chi connectivity index (χ3n) is 4.14. The van der Waals surface area contributed by atoms with Crippen LogP contribution >= 0.6 is 0 Å². The summed E-state index contributed by atoms with van der Waals surface area (Å²) in [4.78, 5) is 6.75. The van der Waals surface area contributed by atoms with Crippen molar-refractivity contribution in [1.82, 2.24) is 15.0 Å². The number of nitrogens with zero attached hydrogens (tertiary/aromatic N) is 3. The van der Waals surface area contributed by atoms with E-state index < -0.39 is 0 Å². The van der Waals surface area contributed by atoms with Crippen molar-refractivity contribution >= 4 is 0 Å². The zero-order valence-electron chi connectivity index (χ0n) is 15.7. The van der Waals surface area contributed by atoms with Gasteiger partial charge >= 0.3 is 0 Å². The van der Waals surface area contributed by atoms with Gasteiger partial charge in [-0.1, -0.05) is 44.1 Å². The first-order valence-electron chi connectivity index (χ1n) is 8.52. The van der Waals surface area contributed by atoms with Gasteiger partial charge in [0.05, 0.1) is 12.6 Å².